The number of pyridine rings is 1. The number of aromatic nitrogens is 1. The zero-order chi connectivity index (χ0) is 94.6. The van der Waals surface area contributed by atoms with Crippen molar-refractivity contribution in [2.75, 3.05) is 118 Å². The second-order valence-corrected chi connectivity index (χ2v) is 34.9. The standard InChI is InChI=1S/C63H112O42.C18H19N3O3S/c1-22(64)8-85-15-29-50-36(71)43(78)57(92-29)100-51-30(16-86-9-23(2)65)94-59(45(80)38(51)73)102-53-32(18-88-11-25(4)67)96-61(47(82)40(53)75)104-55-34(20-90-13-27(6)69)98-63(49(84)42(55)77)105-56-35(21-91-14-28(7)70)97-62(48(83)41(56)76)103-54-33(19-89-12-26(5)68)95-60(46(81)39(54)74)101-52-31(17-87-10-24(3)66)93-58(99-50)44(79)37(52)72;1-21(16-4-2-3-9-19-16)10-11-24-14-7-5-13(6-8-14)12-15-17(22)20-18(23)25-15/h22-84H,8-21H2,1-7H3;2-9,15H,10-12H2,1H3,(H,20,22,23)/t22?,23?,24?,25?,26?,27?,28?,29-,30-,31-,32-,33-,34-,35-,36-,37-,38-,39-,40-,41-,42-,43-,44-,45-,46-,47-,48-,49-,50-,51-,52-,53-,54-,55-,56-,57-,58-,59-,60-,61-,62-,63-;/m1./s1. The molecule has 24 rings (SSSR count). The van der Waals surface area contributed by atoms with Gasteiger partial charge >= 0.3 is 0 Å². The van der Waals surface area contributed by atoms with E-state index in [0.29, 0.717) is 13.0 Å². The summed E-state index contributed by atoms with van der Waals surface area (Å²) in [6, 6.07) is 13.4. The van der Waals surface area contributed by atoms with E-state index >= 15 is 0 Å². The van der Waals surface area contributed by atoms with Crippen LogP contribution < -0.4 is 15.0 Å². The van der Waals surface area contributed by atoms with E-state index in [0.717, 1.165) is 35.4 Å². The topological polar surface area (TPSA) is 690 Å². The molecule has 14 bridgehead atoms. The van der Waals surface area contributed by atoms with Gasteiger partial charge in [-0.05, 0) is 84.7 Å². The van der Waals surface area contributed by atoms with Crippen molar-refractivity contribution in [3.05, 3.63) is 54.2 Å². The molecule has 22 N–H and O–H groups in total. The molecule has 8 unspecified atom stereocenters. The number of aliphatic hydroxyl groups is 21. The Hall–Kier alpha value is -4.22. The summed E-state index contributed by atoms with van der Waals surface area (Å²) in [6.07, 6.45) is -75.7. The normalized spacial score (nSPS) is 40.3. The second-order valence-electron chi connectivity index (χ2n) is 33.8. The molecule has 0 saturated carbocycles. The third kappa shape index (κ3) is 29.9. The first-order valence-corrected chi connectivity index (χ1v) is 44.0. The van der Waals surface area contributed by atoms with E-state index in [1.54, 1.807) is 6.20 Å². The molecule has 1 aromatic heterocycles. The van der Waals surface area contributed by atoms with Crippen LogP contribution in [0.25, 0.3) is 0 Å². The number of imide groups is 1. The number of aliphatic hydroxyl groups excluding tert-OH is 21. The van der Waals surface area contributed by atoms with Crippen LogP contribution in [0.1, 0.15) is 54.0 Å². The van der Waals surface area contributed by atoms with Gasteiger partial charge in [0.15, 0.2) is 44.0 Å². The number of carbonyl (C=O) groups is 2. The maximum atomic E-state index is 12.1. The summed E-state index contributed by atoms with van der Waals surface area (Å²) in [6.45, 7) is 3.77. The Balaban J connectivity index is 0.000000599. The van der Waals surface area contributed by atoms with Crippen molar-refractivity contribution >= 4 is 28.7 Å². The minimum absolute atomic E-state index is 0.215. The summed E-state index contributed by atoms with van der Waals surface area (Å²) < 4.78 is 132. The van der Waals surface area contributed by atoms with Crippen LogP contribution in [0.3, 0.4) is 0 Å². The van der Waals surface area contributed by atoms with Gasteiger partial charge in [-0.3, -0.25) is 14.9 Å². The van der Waals surface area contributed by atoms with E-state index in [9.17, 15) is 117 Å². The minimum atomic E-state index is -2.24. The van der Waals surface area contributed by atoms with Crippen LogP contribution in [0.2, 0.25) is 0 Å². The molecular weight excluding hydrogens is 1770 g/mol. The number of carbonyl (C=O) groups excluding carboxylic acids is 2. The van der Waals surface area contributed by atoms with Crippen LogP contribution >= 0.6 is 11.8 Å². The van der Waals surface area contributed by atoms with Crippen molar-refractivity contribution in [1.82, 2.24) is 10.3 Å². The summed E-state index contributed by atoms with van der Waals surface area (Å²) in [5, 5.41) is 241. The zero-order valence-electron chi connectivity index (χ0n) is 73.0. The highest BCUT2D eigenvalue weighted by molar-refractivity contribution is 8.15. The third-order valence-corrected chi connectivity index (χ3v) is 22.8. The van der Waals surface area contributed by atoms with Gasteiger partial charge in [-0.2, -0.15) is 0 Å². The molecule has 2 aromatic rings. The molecule has 48 nitrogen and oxygen atoms in total. The number of hydrogen-bond donors (Lipinski definition) is 22. The molecule has 22 fully saturated rings. The van der Waals surface area contributed by atoms with Crippen molar-refractivity contribution in [2.45, 2.75) is 318 Å². The molecule has 0 aliphatic carbocycles. The fourth-order valence-corrected chi connectivity index (χ4v) is 16.1. The predicted molar refractivity (Wildman–Crippen MR) is 434 cm³/mol. The maximum Gasteiger partial charge on any atom is 0.286 e. The van der Waals surface area contributed by atoms with Gasteiger partial charge < -0.3 is 216 Å². The lowest BCUT2D eigenvalue weighted by molar-refractivity contribution is -0.398. The summed E-state index contributed by atoms with van der Waals surface area (Å²) in [7, 11) is 1.97. The van der Waals surface area contributed by atoms with Gasteiger partial charge in [-0.25, -0.2) is 4.98 Å². The molecule has 1 aromatic carbocycles. The number of ether oxygens (including phenoxy) is 22. The number of anilines is 1. The van der Waals surface area contributed by atoms with Crippen LogP contribution in [0.4, 0.5) is 10.6 Å². The van der Waals surface area contributed by atoms with Crippen molar-refractivity contribution in [3.63, 3.8) is 0 Å². The molecule has 43 atom stereocenters. The van der Waals surface area contributed by atoms with Gasteiger partial charge in [-0.1, -0.05) is 30.0 Å². The van der Waals surface area contributed by atoms with Crippen molar-refractivity contribution in [2.24, 2.45) is 0 Å². The maximum absolute atomic E-state index is 12.1. The van der Waals surface area contributed by atoms with E-state index in [2.05, 4.69) is 10.3 Å². The number of benzene rings is 1. The third-order valence-electron chi connectivity index (χ3n) is 21.9. The molecule has 22 saturated heterocycles. The number of nitrogens with zero attached hydrogens (tertiary/aromatic N) is 2. The summed E-state index contributed by atoms with van der Waals surface area (Å²) >= 11 is 1.05. The lowest BCUT2D eigenvalue weighted by Crippen LogP contribution is -2.68. The predicted octanol–water partition coefficient (Wildman–Crippen LogP) is -9.90. The molecule has 22 aliphatic heterocycles. The highest BCUT2D eigenvalue weighted by Crippen LogP contribution is 2.41. The van der Waals surface area contributed by atoms with Gasteiger partial charge in [0, 0.05) is 13.2 Å². The number of hydrogen-bond acceptors (Lipinski definition) is 48. The molecular formula is C81H131N3O45S. The van der Waals surface area contributed by atoms with Crippen LogP contribution in [-0.2, 0) is 111 Å². The quantitative estimate of drug-likeness (QED) is 0.0305. The first-order chi connectivity index (χ1) is 61.8. The monoisotopic (exact) mass is 1900 g/mol. The molecule has 0 radical (unpaired) electrons. The van der Waals surface area contributed by atoms with E-state index in [4.69, 9.17) is 104 Å². The Morgan fingerprint density at radius 2 is 0.585 bits per heavy atom. The smallest absolute Gasteiger partial charge is 0.286 e. The first kappa shape index (κ1) is 108. The van der Waals surface area contributed by atoms with Gasteiger partial charge in [0.1, 0.15) is 189 Å². The Bertz CT molecular complexity index is 3140. The van der Waals surface area contributed by atoms with Gasteiger partial charge in [0.2, 0.25) is 5.91 Å². The van der Waals surface area contributed by atoms with Crippen LogP contribution in [0, 0.1) is 0 Å². The molecule has 746 valence electrons. The van der Waals surface area contributed by atoms with Crippen LogP contribution in [-0.4, -0.2) is 499 Å². The number of likely N-dealkylation sites (N-methyl/N-ethyl adjacent to an activating group) is 1. The molecule has 2 amide bonds. The van der Waals surface area contributed by atoms with Gasteiger partial charge in [-0.15, -0.1) is 0 Å². The molecule has 23 heterocycles. The zero-order valence-corrected chi connectivity index (χ0v) is 73.8. The lowest BCUT2D eigenvalue weighted by atomic mass is 9.95. The van der Waals surface area contributed by atoms with Gasteiger partial charge in [0.25, 0.3) is 5.24 Å². The molecule has 0 spiro atoms. The molecule has 49 heteroatoms. The minimum Gasteiger partial charge on any atom is -0.492 e. The summed E-state index contributed by atoms with van der Waals surface area (Å²) in [5.41, 5.74) is 1.00. The largest absolute Gasteiger partial charge is 0.492 e. The fourth-order valence-electron chi connectivity index (χ4n) is 15.3. The molecule has 22 aliphatic rings. The molecule has 130 heavy (non-hydrogen) atoms. The van der Waals surface area contributed by atoms with E-state index in [1.165, 1.54) is 48.5 Å². The second kappa shape index (κ2) is 51.4. The number of amides is 2. The highest BCUT2D eigenvalue weighted by atomic mass is 32.2. The van der Waals surface area contributed by atoms with Crippen molar-refractivity contribution < 1.29 is 221 Å². The van der Waals surface area contributed by atoms with E-state index in [-0.39, 0.29) is 62.6 Å². The fraction of sp³-hybridized carbons (Fsp3) is 0.840. The van der Waals surface area contributed by atoms with Crippen LogP contribution in [0.15, 0.2) is 48.7 Å². The average molecular weight is 1900 g/mol. The van der Waals surface area contributed by atoms with Crippen molar-refractivity contribution in [3.8, 4) is 5.75 Å². The Morgan fingerprint density at radius 3 is 0.785 bits per heavy atom. The van der Waals surface area contributed by atoms with Gasteiger partial charge in [0.05, 0.1) is 147 Å². The first-order valence-electron chi connectivity index (χ1n) is 43.1. The van der Waals surface area contributed by atoms with Crippen molar-refractivity contribution in [1.29, 1.82) is 0 Å². The summed E-state index contributed by atoms with van der Waals surface area (Å²) in [4.78, 5) is 29.1. The van der Waals surface area contributed by atoms with Crippen LogP contribution in [0.5, 0.6) is 5.75 Å². The number of thioether (sulfide) groups is 1. The SMILES string of the molecule is CC(O)COC[C@H]1O[C@@H]2O[C@H]3[C@H](O)[C@@H](O)[C@@H](O[C@H]4[C@H](O)[C@@H](O)[C@@H](O[C@H]5[C@H](O)[C@@H](O)[C@@H](O[C@H]6[C@H](O)[C@@H](O)[C@@H](O[C@H]7[C@H](O)[C@@H](O)[C@@H](O[C@H]8[C@H](O)[C@@H](O)[C@@H](O[C@H]1[C@H](O)[C@H]2O)O[C@@H]8COCC(C)O)O[C@@H]7COCC(C)O)O[C@@H]6COCC(C)O)O[C@@H]5COCC(C)O)O[C@@H]4COCC(C)O)O[C@@H]3COCC(C)O.CN(CCOc1ccc(CC2SC(=O)NC2=O)cc1)c1ccccn1. The summed E-state index contributed by atoms with van der Waals surface area (Å²) in [5.74, 6) is 1.47. The highest BCUT2D eigenvalue weighted by Gasteiger charge is 2.61. The average Bonchev–Trinajstić information content (AvgIpc) is 0.803. The Morgan fingerprint density at radius 1 is 0.346 bits per heavy atom. The number of nitrogens with one attached hydrogen (secondary N) is 1. The Labute approximate surface area is 752 Å². The Kier molecular flexibility index (Phi) is 42.7. The number of rotatable bonds is 35. The van der Waals surface area contributed by atoms with E-state index < -0.39 is 304 Å². The lowest BCUT2D eigenvalue weighted by Gasteiger charge is -2.50. The van der Waals surface area contributed by atoms with E-state index in [1.807, 2.05) is 54.4 Å².